The predicted octanol–water partition coefficient (Wildman–Crippen LogP) is 3.66. The first-order chi connectivity index (χ1) is 6.19. The molecule has 0 atom stereocenters. The molecule has 0 bridgehead atoms. The number of benzene rings is 1. The zero-order valence-electron chi connectivity index (χ0n) is 7.85. The van der Waals surface area contributed by atoms with E-state index < -0.39 is 0 Å². The summed E-state index contributed by atoms with van der Waals surface area (Å²) in [5.74, 6) is 0. The van der Waals surface area contributed by atoms with Crippen LogP contribution in [0.3, 0.4) is 0 Å². The number of rotatable bonds is 3. The largest absolute Gasteiger partial charge is 0.322 e. The maximum Gasteiger partial charge on any atom is 0.0649 e. The van der Waals surface area contributed by atoms with Crippen LogP contribution in [-0.4, -0.2) is 11.6 Å². The Morgan fingerprint density at radius 1 is 1.54 bits per heavy atom. The van der Waals surface area contributed by atoms with Crippen molar-refractivity contribution < 1.29 is 0 Å². The number of nitrogens with zero attached hydrogens (tertiary/aromatic N) is 1. The Bertz CT molecular complexity index is 312. The molecule has 0 unspecified atom stereocenters. The van der Waals surface area contributed by atoms with Gasteiger partial charge in [0.05, 0.1) is 10.7 Å². The van der Waals surface area contributed by atoms with Crippen LogP contribution in [0.15, 0.2) is 18.2 Å². The molecule has 0 heterocycles. The third kappa shape index (κ3) is 2.68. The third-order valence-corrected chi connectivity index (χ3v) is 3.78. The SMILES string of the molecule is C=IN(C)c1ccc(CC)cc1Cl. The van der Waals surface area contributed by atoms with Crippen LogP contribution in [0.5, 0.6) is 0 Å². The molecule has 1 rings (SSSR count). The van der Waals surface area contributed by atoms with Gasteiger partial charge in [-0.05, 0) is 49.6 Å². The fourth-order valence-corrected chi connectivity index (χ4v) is 2.35. The molecule has 1 nitrogen and oxygen atoms in total. The average molecular weight is 310 g/mol. The molecule has 72 valence electrons. The van der Waals surface area contributed by atoms with Gasteiger partial charge in [0.15, 0.2) is 0 Å². The number of anilines is 1. The summed E-state index contributed by atoms with van der Waals surface area (Å²) in [6, 6.07) is 6.23. The number of hydrogen-bond acceptors (Lipinski definition) is 1. The highest BCUT2D eigenvalue weighted by atomic mass is 127. The second-order valence-electron chi connectivity index (χ2n) is 2.74. The Hall–Kier alpha value is -0.0900. The maximum absolute atomic E-state index is 6.13. The van der Waals surface area contributed by atoms with Gasteiger partial charge in [-0.15, -0.1) is 0 Å². The van der Waals surface area contributed by atoms with E-state index in [4.69, 9.17) is 11.6 Å². The van der Waals surface area contributed by atoms with Gasteiger partial charge in [-0.1, -0.05) is 24.6 Å². The number of aryl methyl sites for hydroxylation is 1. The van der Waals surface area contributed by atoms with E-state index in [1.807, 2.05) is 13.1 Å². The summed E-state index contributed by atoms with van der Waals surface area (Å²) < 4.78 is 6.06. The van der Waals surface area contributed by atoms with E-state index in [2.05, 4.69) is 26.7 Å². The van der Waals surface area contributed by atoms with Crippen LogP contribution >= 0.6 is 32.6 Å². The van der Waals surface area contributed by atoms with E-state index in [-0.39, 0.29) is 21.0 Å². The van der Waals surface area contributed by atoms with Crippen LogP contribution < -0.4 is 3.11 Å². The first-order valence-corrected chi connectivity index (χ1v) is 6.96. The molecule has 0 aliphatic rings. The lowest BCUT2D eigenvalue weighted by atomic mass is 10.1. The van der Waals surface area contributed by atoms with Crippen molar-refractivity contribution in [2.45, 2.75) is 13.3 Å². The van der Waals surface area contributed by atoms with E-state index in [0.29, 0.717) is 0 Å². The van der Waals surface area contributed by atoms with Crippen molar-refractivity contribution in [1.29, 1.82) is 0 Å². The van der Waals surface area contributed by atoms with Crippen LogP contribution in [0.4, 0.5) is 5.69 Å². The van der Waals surface area contributed by atoms with E-state index in [1.54, 1.807) is 0 Å². The van der Waals surface area contributed by atoms with Gasteiger partial charge in [-0.2, -0.15) is 0 Å². The van der Waals surface area contributed by atoms with Gasteiger partial charge in [-0.25, -0.2) is 0 Å². The summed E-state index contributed by atoms with van der Waals surface area (Å²) in [6.45, 7) is 2.13. The Labute approximate surface area is 94.8 Å². The molecule has 0 aromatic heterocycles. The fourth-order valence-electron chi connectivity index (χ4n) is 1.08. The molecular formula is C10H13ClIN. The van der Waals surface area contributed by atoms with Gasteiger partial charge >= 0.3 is 0 Å². The van der Waals surface area contributed by atoms with E-state index >= 15 is 0 Å². The minimum atomic E-state index is -0.166. The Kier molecular flexibility index (Phi) is 4.19. The van der Waals surface area contributed by atoms with E-state index in [9.17, 15) is 0 Å². The molecule has 0 radical (unpaired) electrons. The second kappa shape index (κ2) is 4.96. The summed E-state index contributed by atoms with van der Waals surface area (Å²) in [7, 11) is 2.03. The molecule has 0 N–H and O–H groups in total. The van der Waals surface area contributed by atoms with Crippen LogP contribution in [0.2, 0.25) is 5.02 Å². The minimum Gasteiger partial charge on any atom is -0.322 e. The Balaban J connectivity index is 3.04. The second-order valence-corrected chi connectivity index (χ2v) is 5.27. The van der Waals surface area contributed by atoms with Gasteiger partial charge in [0.25, 0.3) is 0 Å². The van der Waals surface area contributed by atoms with Gasteiger partial charge in [0.1, 0.15) is 0 Å². The van der Waals surface area contributed by atoms with Crippen LogP contribution in [0.1, 0.15) is 12.5 Å². The molecule has 0 aliphatic carbocycles. The van der Waals surface area contributed by atoms with Gasteiger partial charge < -0.3 is 3.11 Å². The molecule has 0 fully saturated rings. The smallest absolute Gasteiger partial charge is 0.0649 e. The molecule has 13 heavy (non-hydrogen) atoms. The van der Waals surface area contributed by atoms with Crippen molar-refractivity contribution in [3.8, 4) is 0 Å². The quantitative estimate of drug-likeness (QED) is 0.608. The molecule has 1 aromatic carbocycles. The zero-order valence-corrected chi connectivity index (χ0v) is 10.8. The van der Waals surface area contributed by atoms with E-state index in [0.717, 1.165) is 17.1 Å². The highest BCUT2D eigenvalue weighted by Crippen LogP contribution is 2.29. The summed E-state index contributed by atoms with van der Waals surface area (Å²) in [5, 5.41) is 0.838. The highest BCUT2D eigenvalue weighted by Gasteiger charge is 2.03. The molecule has 3 heteroatoms. The number of hydrogen-bond donors (Lipinski definition) is 0. The third-order valence-electron chi connectivity index (χ3n) is 1.93. The summed E-state index contributed by atoms with van der Waals surface area (Å²) in [5.41, 5.74) is 2.38. The van der Waals surface area contributed by atoms with Gasteiger partial charge in [0, 0.05) is 7.05 Å². The first-order valence-electron chi connectivity index (χ1n) is 4.09. The molecule has 1 aromatic rings. The monoisotopic (exact) mass is 309 g/mol. The van der Waals surface area contributed by atoms with Gasteiger partial charge in [0.2, 0.25) is 0 Å². The van der Waals surface area contributed by atoms with Crippen LogP contribution in [0.25, 0.3) is 0 Å². The van der Waals surface area contributed by atoms with Gasteiger partial charge in [-0.3, -0.25) is 0 Å². The molecular weight excluding hydrogens is 296 g/mol. The lowest BCUT2D eigenvalue weighted by molar-refractivity contribution is 1.14. The number of halogens is 2. The summed E-state index contributed by atoms with van der Waals surface area (Å²) in [6.07, 6.45) is 1.03. The van der Waals surface area contributed by atoms with Crippen LogP contribution in [0, 0.1) is 0 Å². The zero-order chi connectivity index (χ0) is 9.84. The predicted molar refractivity (Wildman–Crippen MR) is 70.4 cm³/mol. The molecule has 0 amide bonds. The molecule has 0 saturated heterocycles. The van der Waals surface area contributed by atoms with Crippen molar-refractivity contribution in [3.63, 3.8) is 0 Å². The highest BCUT2D eigenvalue weighted by molar-refractivity contribution is 14.2. The van der Waals surface area contributed by atoms with Crippen molar-refractivity contribution >= 4 is 42.8 Å². The lowest BCUT2D eigenvalue weighted by Crippen LogP contribution is -2.01. The average Bonchev–Trinajstić information content (AvgIpc) is 2.16. The fraction of sp³-hybridized carbons (Fsp3) is 0.300. The minimum absolute atomic E-state index is 0.166. The molecule has 0 saturated carbocycles. The topological polar surface area (TPSA) is 3.24 Å². The summed E-state index contributed by atoms with van der Waals surface area (Å²) >= 11 is 5.96. The maximum atomic E-state index is 6.13. The van der Waals surface area contributed by atoms with Crippen molar-refractivity contribution in [2.24, 2.45) is 0 Å². The Morgan fingerprint density at radius 2 is 2.23 bits per heavy atom. The standard InChI is InChI=1S/C10H13ClIN/c1-4-8-5-6-10(9(11)7-8)13(3)12-2/h5-7H,2,4H2,1,3H3. The lowest BCUT2D eigenvalue weighted by Gasteiger charge is -2.14. The van der Waals surface area contributed by atoms with Crippen molar-refractivity contribution in [1.82, 2.24) is 0 Å². The first kappa shape index (κ1) is 11.0. The summed E-state index contributed by atoms with van der Waals surface area (Å²) in [4.78, 5) is 0. The normalized spacial score (nSPS) is 10.1. The van der Waals surface area contributed by atoms with Crippen LogP contribution in [-0.2, 0) is 6.42 Å². The molecule has 0 aliphatic heterocycles. The van der Waals surface area contributed by atoms with E-state index in [1.165, 1.54) is 5.56 Å². The van der Waals surface area contributed by atoms with Crippen molar-refractivity contribution in [2.75, 3.05) is 10.2 Å². The molecule has 0 spiro atoms. The van der Waals surface area contributed by atoms with Crippen molar-refractivity contribution in [3.05, 3.63) is 28.8 Å². The Morgan fingerprint density at radius 3 is 2.69 bits per heavy atom.